The predicted octanol–water partition coefficient (Wildman–Crippen LogP) is 19.5. The molecule has 0 saturated heterocycles. The van der Waals surface area contributed by atoms with Crippen LogP contribution in [-0.2, 0) is 27.9 Å². The fourth-order valence-electron chi connectivity index (χ4n) is 9.34. The van der Waals surface area contributed by atoms with Gasteiger partial charge in [0.15, 0.2) is 0 Å². The smallest absolute Gasteiger partial charge is 0.456 e. The Hall–Kier alpha value is -1.77. The lowest BCUT2D eigenvalue weighted by Gasteiger charge is -2.27. The molecule has 3 atom stereocenters. The number of rotatable bonds is 58. The number of hydrogen-bond acceptors (Lipinski definition) is 6. The quantitative estimate of drug-likeness (QED) is 0.0205. The van der Waals surface area contributed by atoms with Crippen LogP contribution in [0.2, 0.25) is 0 Å². The molecular weight excluding hydrogens is 940 g/mol. The van der Waals surface area contributed by atoms with E-state index in [2.05, 4.69) is 50.4 Å². The Bertz CT molecular complexity index is 1360. The predicted molar refractivity (Wildman–Crippen MR) is 319 cm³/mol. The molecule has 0 heterocycles. The molecule has 0 aliphatic carbocycles. The van der Waals surface area contributed by atoms with E-state index in [4.69, 9.17) is 13.8 Å². The van der Waals surface area contributed by atoms with E-state index in [0.717, 1.165) is 77.0 Å². The van der Waals surface area contributed by atoms with E-state index in [9.17, 15) is 19.0 Å². The second-order valence-corrected chi connectivity index (χ2v) is 24.4. The fraction of sp³-hybridized carbons (Fsp3) is 0.875. The van der Waals surface area contributed by atoms with Gasteiger partial charge in [0.1, 0.15) is 19.3 Å². The van der Waals surface area contributed by atoms with Crippen molar-refractivity contribution in [1.82, 2.24) is 5.32 Å². The number of phosphoric acid groups is 1. The average Bonchev–Trinajstić information content (AvgIpc) is 3.36. The van der Waals surface area contributed by atoms with Gasteiger partial charge in [-0.05, 0) is 83.1 Å². The molecule has 0 aromatic heterocycles. The molecule has 9 nitrogen and oxygen atoms in total. The molecule has 0 saturated carbocycles. The van der Waals surface area contributed by atoms with Gasteiger partial charge in [0.05, 0.1) is 33.8 Å². The Morgan fingerprint density at radius 1 is 0.459 bits per heavy atom. The van der Waals surface area contributed by atoms with Crippen molar-refractivity contribution >= 4 is 19.7 Å². The van der Waals surface area contributed by atoms with Crippen molar-refractivity contribution in [2.75, 3.05) is 40.9 Å². The highest BCUT2D eigenvalue weighted by atomic mass is 31.2. The standard InChI is InChI=1S/C64H123N2O7P/c1-7-10-13-16-19-22-25-28-30-32-33-34-36-39-42-45-48-51-54-57-64(68)73-62(55-52-49-46-43-40-37-27-24-21-18-15-12-9-3)61(60-72-74(69,70)71-59-58-66(4,5)6)65-63(67)56-53-50-47-44-41-38-35-31-29-26-23-20-17-14-11-8-2/h28,30-31,35,52,55,61-62H,7-27,29,32-34,36-51,53-54,56-60H2,1-6H3,(H-,65,67,69,70)/p+1/b30-28+,35-31+,55-52+. The molecule has 3 unspecified atom stereocenters. The molecule has 0 radical (unpaired) electrons. The summed E-state index contributed by atoms with van der Waals surface area (Å²) in [6.45, 7) is 7.03. The number of carbonyl (C=O) groups excluding carboxylic acids is 2. The number of likely N-dealkylation sites (N-methyl/N-ethyl adjacent to an activating group) is 1. The number of carbonyl (C=O) groups is 2. The number of unbranched alkanes of at least 4 members (excludes halogenated alkanes) is 38. The van der Waals surface area contributed by atoms with E-state index < -0.39 is 20.0 Å². The monoisotopic (exact) mass is 1060 g/mol. The minimum Gasteiger partial charge on any atom is -0.456 e. The first-order chi connectivity index (χ1) is 35.9. The van der Waals surface area contributed by atoms with Gasteiger partial charge in [-0.2, -0.15) is 0 Å². The number of amides is 1. The summed E-state index contributed by atoms with van der Waals surface area (Å²) in [4.78, 5) is 37.7. The van der Waals surface area contributed by atoms with Gasteiger partial charge in [0, 0.05) is 12.8 Å². The summed E-state index contributed by atoms with van der Waals surface area (Å²) in [6.07, 6.45) is 65.6. The number of ether oxygens (including phenoxy) is 1. The van der Waals surface area contributed by atoms with Crippen LogP contribution in [0.25, 0.3) is 0 Å². The topological polar surface area (TPSA) is 111 Å². The first-order valence-corrected chi connectivity index (χ1v) is 33.3. The van der Waals surface area contributed by atoms with E-state index in [1.165, 1.54) is 199 Å². The fourth-order valence-corrected chi connectivity index (χ4v) is 10.1. The van der Waals surface area contributed by atoms with Gasteiger partial charge >= 0.3 is 13.8 Å². The van der Waals surface area contributed by atoms with Crippen LogP contribution in [0.4, 0.5) is 0 Å². The maximum absolute atomic E-state index is 13.5. The Morgan fingerprint density at radius 3 is 1.15 bits per heavy atom. The second-order valence-electron chi connectivity index (χ2n) is 22.9. The highest BCUT2D eigenvalue weighted by Gasteiger charge is 2.30. The molecule has 2 N–H and O–H groups in total. The summed E-state index contributed by atoms with van der Waals surface area (Å²) >= 11 is 0. The number of quaternary nitrogens is 1. The Morgan fingerprint density at radius 2 is 0.784 bits per heavy atom. The molecule has 0 spiro atoms. The third-order valence-corrected chi connectivity index (χ3v) is 15.3. The zero-order valence-corrected chi connectivity index (χ0v) is 50.7. The van der Waals surface area contributed by atoms with E-state index in [1.54, 1.807) is 0 Å². The SMILES string of the molecule is CCCCCCCC/C=C/CCCCCCCCCCCC(=O)OC(/C=C/CCCCCCCCCCCCC)C(COP(=O)(O)OCC[N+](C)(C)C)NC(=O)CCCCCCC/C=C/CCCCCCCCC. The first-order valence-electron chi connectivity index (χ1n) is 31.8. The number of allylic oxidation sites excluding steroid dienone is 5. The molecular formula is C64H124N2O7P+. The molecule has 0 aromatic carbocycles. The van der Waals surface area contributed by atoms with Crippen LogP contribution in [0, 0.1) is 0 Å². The van der Waals surface area contributed by atoms with Crippen LogP contribution in [0.3, 0.4) is 0 Å². The number of phosphoric ester groups is 1. The third-order valence-electron chi connectivity index (χ3n) is 14.3. The van der Waals surface area contributed by atoms with Crippen molar-refractivity contribution in [3.05, 3.63) is 36.5 Å². The minimum absolute atomic E-state index is 0.0401. The van der Waals surface area contributed by atoms with Gasteiger partial charge in [-0.25, -0.2) is 4.57 Å². The summed E-state index contributed by atoms with van der Waals surface area (Å²) in [5, 5.41) is 3.06. The van der Waals surface area contributed by atoms with Gasteiger partial charge in [-0.15, -0.1) is 0 Å². The molecule has 0 rings (SSSR count). The van der Waals surface area contributed by atoms with E-state index >= 15 is 0 Å². The largest absolute Gasteiger partial charge is 0.472 e. The molecule has 0 aliphatic heterocycles. The Labute approximate surface area is 459 Å². The Balaban J connectivity index is 5.26. The number of hydrogen-bond donors (Lipinski definition) is 2. The van der Waals surface area contributed by atoms with Gasteiger partial charge in [-0.3, -0.25) is 18.6 Å². The second kappa shape index (κ2) is 54.6. The van der Waals surface area contributed by atoms with Crippen molar-refractivity contribution in [1.29, 1.82) is 0 Å². The van der Waals surface area contributed by atoms with Gasteiger partial charge in [0.25, 0.3) is 0 Å². The highest BCUT2D eigenvalue weighted by Crippen LogP contribution is 2.43. The van der Waals surface area contributed by atoms with Gasteiger partial charge in [-0.1, -0.05) is 250 Å². The van der Waals surface area contributed by atoms with Crippen LogP contribution >= 0.6 is 7.82 Å². The van der Waals surface area contributed by atoms with E-state index in [1.807, 2.05) is 33.3 Å². The lowest BCUT2D eigenvalue weighted by atomic mass is 10.0. The van der Waals surface area contributed by atoms with Crippen molar-refractivity contribution in [2.45, 2.75) is 322 Å². The van der Waals surface area contributed by atoms with Crippen molar-refractivity contribution in [3.8, 4) is 0 Å². The molecule has 436 valence electrons. The molecule has 74 heavy (non-hydrogen) atoms. The zero-order valence-electron chi connectivity index (χ0n) is 49.9. The molecule has 0 fully saturated rings. The first kappa shape index (κ1) is 72.2. The lowest BCUT2D eigenvalue weighted by Crippen LogP contribution is -2.47. The lowest BCUT2D eigenvalue weighted by molar-refractivity contribution is -0.870. The van der Waals surface area contributed by atoms with Crippen LogP contribution in [-0.4, -0.2) is 74.3 Å². The summed E-state index contributed by atoms with van der Waals surface area (Å²) in [6, 6.07) is -0.850. The van der Waals surface area contributed by atoms with Crippen molar-refractivity contribution < 1.29 is 37.3 Å². The van der Waals surface area contributed by atoms with E-state index in [0.29, 0.717) is 23.9 Å². The van der Waals surface area contributed by atoms with Crippen LogP contribution in [0.1, 0.15) is 310 Å². The van der Waals surface area contributed by atoms with Crippen LogP contribution in [0.15, 0.2) is 36.5 Å². The van der Waals surface area contributed by atoms with E-state index in [-0.39, 0.29) is 25.1 Å². The maximum Gasteiger partial charge on any atom is 0.472 e. The maximum atomic E-state index is 13.5. The van der Waals surface area contributed by atoms with Gasteiger partial charge in [0.2, 0.25) is 5.91 Å². The summed E-state index contributed by atoms with van der Waals surface area (Å²) in [7, 11) is 1.50. The van der Waals surface area contributed by atoms with Crippen molar-refractivity contribution in [3.63, 3.8) is 0 Å². The average molecular weight is 1060 g/mol. The highest BCUT2D eigenvalue weighted by molar-refractivity contribution is 7.47. The molecule has 1 amide bonds. The zero-order chi connectivity index (χ0) is 54.3. The number of esters is 1. The molecule has 10 heteroatoms. The van der Waals surface area contributed by atoms with Gasteiger partial charge < -0.3 is 19.4 Å². The summed E-state index contributed by atoms with van der Waals surface area (Å²) < 4.78 is 30.7. The summed E-state index contributed by atoms with van der Waals surface area (Å²) in [5.41, 5.74) is 0. The van der Waals surface area contributed by atoms with Crippen molar-refractivity contribution in [2.24, 2.45) is 0 Å². The number of nitrogens with one attached hydrogen (secondary N) is 1. The van der Waals surface area contributed by atoms with Crippen LogP contribution < -0.4 is 5.32 Å². The van der Waals surface area contributed by atoms with Crippen LogP contribution in [0.5, 0.6) is 0 Å². The molecule has 0 aliphatic rings. The molecule has 0 bridgehead atoms. The summed E-state index contributed by atoms with van der Waals surface area (Å²) in [5.74, 6) is -0.505. The molecule has 0 aromatic rings. The minimum atomic E-state index is -4.45. The Kier molecular flexibility index (Phi) is 53.3. The normalized spacial score (nSPS) is 13.9. The number of nitrogens with zero attached hydrogens (tertiary/aromatic N) is 1. The third kappa shape index (κ3) is 55.0.